The second-order valence-electron chi connectivity index (χ2n) is 4.16. The minimum Gasteiger partial charge on any atom is -0.464 e. The number of nitrogens with one attached hydrogen (secondary N) is 1. The van der Waals surface area contributed by atoms with Gasteiger partial charge >= 0.3 is 5.97 Å². The normalized spacial score (nSPS) is 22.7. The summed E-state index contributed by atoms with van der Waals surface area (Å²) in [6.45, 7) is 2.05. The summed E-state index contributed by atoms with van der Waals surface area (Å²) in [7, 11) is 0. The molecular weight excluding hydrogens is 254 g/mol. The summed E-state index contributed by atoms with van der Waals surface area (Å²) in [4.78, 5) is 23.2. The summed E-state index contributed by atoms with van der Waals surface area (Å²) < 4.78 is 4.97. The fourth-order valence-corrected chi connectivity index (χ4v) is 2.25. The Morgan fingerprint density at radius 1 is 1.44 bits per heavy atom. The van der Waals surface area contributed by atoms with Gasteiger partial charge in [-0.15, -0.1) is 0 Å². The van der Waals surface area contributed by atoms with Crippen LogP contribution < -0.4 is 5.32 Å². The largest absolute Gasteiger partial charge is 0.464 e. The molecule has 2 unspecified atom stereocenters. The Morgan fingerprint density at radius 3 is 2.72 bits per heavy atom. The molecule has 4 nitrogen and oxygen atoms in total. The van der Waals surface area contributed by atoms with Crippen LogP contribution in [0.1, 0.15) is 24.8 Å². The van der Waals surface area contributed by atoms with E-state index in [4.69, 9.17) is 16.3 Å². The highest BCUT2D eigenvalue weighted by atomic mass is 35.5. The molecule has 0 aliphatic carbocycles. The minimum absolute atomic E-state index is 0.131. The highest BCUT2D eigenvalue weighted by Crippen LogP contribution is 2.29. The van der Waals surface area contributed by atoms with Gasteiger partial charge in [0.2, 0.25) is 5.91 Å². The Labute approximate surface area is 110 Å². The first-order valence-electron chi connectivity index (χ1n) is 5.83. The first-order valence-corrected chi connectivity index (χ1v) is 6.21. The number of carbonyl (C=O) groups is 2. The van der Waals surface area contributed by atoms with Crippen molar-refractivity contribution < 1.29 is 14.3 Å². The maximum atomic E-state index is 11.8. The first kappa shape index (κ1) is 12.9. The number of amides is 1. The molecule has 1 amide bonds. The summed E-state index contributed by atoms with van der Waals surface area (Å²) in [5.41, 5.74) is 0.913. The van der Waals surface area contributed by atoms with Crippen LogP contribution in [-0.2, 0) is 14.3 Å². The van der Waals surface area contributed by atoms with Crippen molar-refractivity contribution >= 4 is 23.5 Å². The third kappa shape index (κ3) is 2.64. The molecule has 0 saturated carbocycles. The molecule has 18 heavy (non-hydrogen) atoms. The van der Waals surface area contributed by atoms with Gasteiger partial charge in [0.15, 0.2) is 0 Å². The zero-order valence-corrected chi connectivity index (χ0v) is 10.7. The highest BCUT2D eigenvalue weighted by molar-refractivity contribution is 6.30. The van der Waals surface area contributed by atoms with Gasteiger partial charge in [0.25, 0.3) is 0 Å². The van der Waals surface area contributed by atoms with E-state index in [0.29, 0.717) is 18.1 Å². The number of halogens is 1. The zero-order valence-electron chi connectivity index (χ0n) is 9.98. The van der Waals surface area contributed by atoms with E-state index in [-0.39, 0.29) is 17.8 Å². The van der Waals surface area contributed by atoms with Crippen molar-refractivity contribution in [2.75, 3.05) is 6.61 Å². The van der Waals surface area contributed by atoms with Gasteiger partial charge in [-0.25, -0.2) is 4.79 Å². The van der Waals surface area contributed by atoms with Crippen molar-refractivity contribution in [3.63, 3.8) is 0 Å². The lowest BCUT2D eigenvalue weighted by Gasteiger charge is -2.17. The van der Waals surface area contributed by atoms with Crippen molar-refractivity contribution in [3.8, 4) is 0 Å². The van der Waals surface area contributed by atoms with Crippen molar-refractivity contribution in [1.29, 1.82) is 0 Å². The van der Waals surface area contributed by atoms with Gasteiger partial charge in [0, 0.05) is 17.4 Å². The van der Waals surface area contributed by atoms with Crippen LogP contribution in [-0.4, -0.2) is 24.5 Å². The number of ether oxygens (including phenoxy) is 1. The predicted molar refractivity (Wildman–Crippen MR) is 67.4 cm³/mol. The molecule has 0 radical (unpaired) electrons. The molecule has 1 aromatic rings. The highest BCUT2D eigenvalue weighted by Gasteiger charge is 2.39. The van der Waals surface area contributed by atoms with E-state index < -0.39 is 6.04 Å². The Balaban J connectivity index is 2.21. The van der Waals surface area contributed by atoms with E-state index in [0.717, 1.165) is 5.56 Å². The maximum Gasteiger partial charge on any atom is 0.329 e. The van der Waals surface area contributed by atoms with Crippen LogP contribution in [0.4, 0.5) is 0 Å². The van der Waals surface area contributed by atoms with Gasteiger partial charge in [0.1, 0.15) is 6.04 Å². The zero-order chi connectivity index (χ0) is 13.1. The average molecular weight is 268 g/mol. The van der Waals surface area contributed by atoms with Crippen molar-refractivity contribution in [2.24, 2.45) is 0 Å². The van der Waals surface area contributed by atoms with Gasteiger partial charge in [-0.3, -0.25) is 4.79 Å². The monoisotopic (exact) mass is 267 g/mol. The number of hydrogen-bond acceptors (Lipinski definition) is 3. The summed E-state index contributed by atoms with van der Waals surface area (Å²) in [5.74, 6) is -0.704. The molecule has 1 aromatic carbocycles. The maximum absolute atomic E-state index is 11.8. The van der Waals surface area contributed by atoms with Gasteiger partial charge in [-0.05, 0) is 24.6 Å². The summed E-state index contributed by atoms with van der Waals surface area (Å²) in [6.07, 6.45) is 0.297. The Hall–Kier alpha value is -1.55. The molecule has 0 aromatic heterocycles. The SMILES string of the molecule is CCOC(=O)C1NC(=O)CC1c1ccc(Cl)cc1. The van der Waals surface area contributed by atoms with Crippen LogP contribution in [0.2, 0.25) is 5.02 Å². The number of carbonyl (C=O) groups excluding carboxylic acids is 2. The van der Waals surface area contributed by atoms with Gasteiger partial charge in [-0.1, -0.05) is 23.7 Å². The fraction of sp³-hybridized carbons (Fsp3) is 0.385. The third-order valence-corrected chi connectivity index (χ3v) is 3.21. The van der Waals surface area contributed by atoms with Crippen LogP contribution in [0.3, 0.4) is 0 Å². The molecule has 2 atom stereocenters. The van der Waals surface area contributed by atoms with E-state index in [9.17, 15) is 9.59 Å². The predicted octanol–water partition coefficient (Wildman–Crippen LogP) is 1.88. The molecule has 2 rings (SSSR count). The van der Waals surface area contributed by atoms with Crippen LogP contribution >= 0.6 is 11.6 Å². The van der Waals surface area contributed by atoms with E-state index in [1.54, 1.807) is 19.1 Å². The molecule has 1 N–H and O–H groups in total. The van der Waals surface area contributed by atoms with Crippen molar-refractivity contribution in [3.05, 3.63) is 34.9 Å². The molecule has 5 heteroatoms. The number of esters is 1. The lowest BCUT2D eigenvalue weighted by molar-refractivity contribution is -0.146. The Bertz CT molecular complexity index is 458. The van der Waals surface area contributed by atoms with Gasteiger partial charge in [-0.2, -0.15) is 0 Å². The second kappa shape index (κ2) is 5.40. The van der Waals surface area contributed by atoms with Crippen molar-refractivity contribution in [1.82, 2.24) is 5.32 Å². The molecule has 1 aliphatic rings. The van der Waals surface area contributed by atoms with Gasteiger partial charge in [0.05, 0.1) is 6.61 Å². The van der Waals surface area contributed by atoms with Crippen LogP contribution in [0, 0.1) is 0 Å². The quantitative estimate of drug-likeness (QED) is 0.851. The molecule has 1 heterocycles. The molecule has 1 aliphatic heterocycles. The lowest BCUT2D eigenvalue weighted by Crippen LogP contribution is -2.37. The fourth-order valence-electron chi connectivity index (χ4n) is 2.13. The molecule has 1 fully saturated rings. The minimum atomic E-state index is -0.598. The second-order valence-corrected chi connectivity index (χ2v) is 4.60. The standard InChI is InChI=1S/C13H14ClNO3/c1-2-18-13(17)12-10(7-11(16)15-12)8-3-5-9(14)6-4-8/h3-6,10,12H,2,7H2,1H3,(H,15,16). The molecule has 0 bridgehead atoms. The average Bonchev–Trinajstić information content (AvgIpc) is 2.73. The van der Waals surface area contributed by atoms with E-state index in [1.165, 1.54) is 0 Å². The van der Waals surface area contributed by atoms with E-state index in [2.05, 4.69) is 5.32 Å². The summed E-state index contributed by atoms with van der Waals surface area (Å²) in [6, 6.07) is 6.57. The lowest BCUT2D eigenvalue weighted by atomic mass is 9.92. The number of benzene rings is 1. The molecule has 1 saturated heterocycles. The van der Waals surface area contributed by atoms with Crippen LogP contribution in [0.5, 0.6) is 0 Å². The molecule has 0 spiro atoms. The topological polar surface area (TPSA) is 55.4 Å². The Kier molecular flexibility index (Phi) is 3.87. The van der Waals surface area contributed by atoms with Crippen LogP contribution in [0.25, 0.3) is 0 Å². The first-order chi connectivity index (χ1) is 8.61. The number of hydrogen-bond donors (Lipinski definition) is 1. The van der Waals surface area contributed by atoms with Crippen molar-refractivity contribution in [2.45, 2.75) is 25.3 Å². The summed E-state index contributed by atoms with van der Waals surface area (Å²) in [5, 5.41) is 3.28. The van der Waals surface area contributed by atoms with E-state index >= 15 is 0 Å². The van der Waals surface area contributed by atoms with E-state index in [1.807, 2.05) is 12.1 Å². The van der Waals surface area contributed by atoms with Gasteiger partial charge < -0.3 is 10.1 Å². The molecular formula is C13H14ClNO3. The smallest absolute Gasteiger partial charge is 0.329 e. The molecule has 96 valence electrons. The van der Waals surface area contributed by atoms with Crippen LogP contribution in [0.15, 0.2) is 24.3 Å². The third-order valence-electron chi connectivity index (χ3n) is 2.96. The Morgan fingerprint density at radius 2 is 2.11 bits per heavy atom. The summed E-state index contributed by atoms with van der Waals surface area (Å²) >= 11 is 5.82. The number of rotatable bonds is 3.